The van der Waals surface area contributed by atoms with Gasteiger partial charge in [-0.3, -0.25) is 9.78 Å². The highest BCUT2D eigenvalue weighted by molar-refractivity contribution is 5.86. The van der Waals surface area contributed by atoms with Gasteiger partial charge >= 0.3 is 0 Å². The summed E-state index contributed by atoms with van der Waals surface area (Å²) in [5.74, 6) is 0.241. The van der Waals surface area contributed by atoms with Gasteiger partial charge in [0.1, 0.15) is 5.92 Å². The van der Waals surface area contributed by atoms with Gasteiger partial charge in [0, 0.05) is 12.7 Å². The number of nitrogens with zero attached hydrogens (tertiary/aromatic N) is 1. The van der Waals surface area contributed by atoms with E-state index >= 15 is 0 Å². The van der Waals surface area contributed by atoms with Crippen molar-refractivity contribution in [3.8, 4) is 0 Å². The van der Waals surface area contributed by atoms with E-state index in [0.717, 1.165) is 17.7 Å². The number of carbonyl (C=O) groups excluding carboxylic acids is 1. The van der Waals surface area contributed by atoms with Crippen molar-refractivity contribution >= 4 is 5.91 Å². The molecule has 0 saturated heterocycles. The van der Waals surface area contributed by atoms with E-state index < -0.39 is 0 Å². The molecule has 0 bridgehead atoms. The lowest BCUT2D eigenvalue weighted by atomic mass is 9.93. The van der Waals surface area contributed by atoms with Crippen LogP contribution in [0.15, 0.2) is 48.7 Å². The van der Waals surface area contributed by atoms with Gasteiger partial charge in [0.2, 0.25) is 5.91 Å². The third-order valence-electron chi connectivity index (χ3n) is 3.68. The van der Waals surface area contributed by atoms with E-state index in [1.165, 1.54) is 5.56 Å². The predicted octanol–water partition coefficient (Wildman–Crippen LogP) is 3.68. The number of aryl methyl sites for hydroxylation is 1. The van der Waals surface area contributed by atoms with Gasteiger partial charge in [0.15, 0.2) is 0 Å². The Morgan fingerprint density at radius 1 is 1.14 bits per heavy atom. The Balaban J connectivity index is 2.22. The van der Waals surface area contributed by atoms with Crippen molar-refractivity contribution in [2.75, 3.05) is 6.54 Å². The van der Waals surface area contributed by atoms with E-state index in [1.807, 2.05) is 49.4 Å². The highest BCUT2D eigenvalue weighted by Crippen LogP contribution is 2.23. The Labute approximate surface area is 132 Å². The molecular weight excluding hydrogens is 272 g/mol. The van der Waals surface area contributed by atoms with Crippen molar-refractivity contribution in [3.63, 3.8) is 0 Å². The molecule has 0 fully saturated rings. The Kier molecular flexibility index (Phi) is 5.70. The van der Waals surface area contributed by atoms with Gasteiger partial charge in [0.05, 0.1) is 5.69 Å². The highest BCUT2D eigenvalue weighted by atomic mass is 16.1. The molecule has 1 N–H and O–H groups in total. The SMILES string of the molecule is Cc1ccc(C(C(=O)NCCC(C)C)c2ccccn2)cc1. The van der Waals surface area contributed by atoms with Gasteiger partial charge in [0.25, 0.3) is 0 Å². The average Bonchev–Trinajstić information content (AvgIpc) is 2.50. The van der Waals surface area contributed by atoms with Crippen LogP contribution in [-0.4, -0.2) is 17.4 Å². The Bertz CT molecular complexity index is 591. The van der Waals surface area contributed by atoms with Gasteiger partial charge < -0.3 is 5.32 Å². The van der Waals surface area contributed by atoms with Crippen molar-refractivity contribution in [2.24, 2.45) is 5.92 Å². The third kappa shape index (κ3) is 4.42. The number of amides is 1. The molecule has 1 unspecified atom stereocenters. The molecule has 0 radical (unpaired) electrons. The molecular formula is C19H24N2O. The third-order valence-corrected chi connectivity index (χ3v) is 3.68. The van der Waals surface area contributed by atoms with Crippen LogP contribution in [0.2, 0.25) is 0 Å². The van der Waals surface area contributed by atoms with Crippen LogP contribution in [0.25, 0.3) is 0 Å². The Morgan fingerprint density at radius 2 is 1.86 bits per heavy atom. The number of rotatable bonds is 6. The van der Waals surface area contributed by atoms with Crippen molar-refractivity contribution in [1.82, 2.24) is 10.3 Å². The lowest BCUT2D eigenvalue weighted by molar-refractivity contribution is -0.121. The van der Waals surface area contributed by atoms with Crippen molar-refractivity contribution in [1.29, 1.82) is 0 Å². The molecule has 1 aromatic carbocycles. The number of nitrogens with one attached hydrogen (secondary N) is 1. The fraction of sp³-hybridized carbons (Fsp3) is 0.368. The monoisotopic (exact) mass is 296 g/mol. The minimum Gasteiger partial charge on any atom is -0.355 e. The van der Waals surface area contributed by atoms with Gasteiger partial charge in [-0.05, 0) is 37.0 Å². The first-order chi connectivity index (χ1) is 10.6. The minimum absolute atomic E-state index is 0.0169. The first-order valence-electron chi connectivity index (χ1n) is 7.83. The van der Waals surface area contributed by atoms with E-state index in [4.69, 9.17) is 0 Å². The highest BCUT2D eigenvalue weighted by Gasteiger charge is 2.23. The van der Waals surface area contributed by atoms with Crippen molar-refractivity contribution < 1.29 is 4.79 Å². The van der Waals surface area contributed by atoms with Gasteiger partial charge in [-0.15, -0.1) is 0 Å². The maximum atomic E-state index is 12.7. The van der Waals surface area contributed by atoms with Crippen molar-refractivity contribution in [3.05, 3.63) is 65.5 Å². The molecule has 0 aliphatic heterocycles. The average molecular weight is 296 g/mol. The molecule has 2 rings (SSSR count). The topological polar surface area (TPSA) is 42.0 Å². The zero-order valence-corrected chi connectivity index (χ0v) is 13.5. The molecule has 116 valence electrons. The largest absolute Gasteiger partial charge is 0.355 e. The molecule has 0 spiro atoms. The predicted molar refractivity (Wildman–Crippen MR) is 89.7 cm³/mol. The first kappa shape index (κ1) is 16.2. The quantitative estimate of drug-likeness (QED) is 0.883. The molecule has 22 heavy (non-hydrogen) atoms. The normalized spacial score (nSPS) is 12.2. The number of aromatic nitrogens is 1. The fourth-order valence-electron chi connectivity index (χ4n) is 2.35. The molecule has 3 heteroatoms. The summed E-state index contributed by atoms with van der Waals surface area (Å²) in [6.45, 7) is 7.05. The van der Waals surface area contributed by atoms with Gasteiger partial charge in [-0.2, -0.15) is 0 Å². The van der Waals surface area contributed by atoms with Crippen molar-refractivity contribution in [2.45, 2.75) is 33.1 Å². The summed E-state index contributed by atoms with van der Waals surface area (Å²) in [6, 6.07) is 13.8. The maximum absolute atomic E-state index is 12.7. The fourth-order valence-corrected chi connectivity index (χ4v) is 2.35. The first-order valence-corrected chi connectivity index (χ1v) is 7.83. The van der Waals surface area contributed by atoms with Crippen LogP contribution >= 0.6 is 0 Å². The lowest BCUT2D eigenvalue weighted by Crippen LogP contribution is -2.31. The molecule has 1 heterocycles. The molecule has 3 nitrogen and oxygen atoms in total. The standard InChI is InChI=1S/C19H24N2O/c1-14(2)11-13-21-19(22)18(17-6-4-5-12-20-17)16-9-7-15(3)8-10-16/h4-10,12,14,18H,11,13H2,1-3H3,(H,21,22). The number of hydrogen-bond acceptors (Lipinski definition) is 2. The molecule has 2 aromatic rings. The van der Waals surface area contributed by atoms with E-state index in [2.05, 4.69) is 24.1 Å². The molecule has 0 aliphatic rings. The molecule has 1 amide bonds. The number of benzene rings is 1. The zero-order valence-electron chi connectivity index (χ0n) is 13.5. The summed E-state index contributed by atoms with van der Waals surface area (Å²) >= 11 is 0. The number of pyridine rings is 1. The minimum atomic E-state index is -0.353. The van der Waals surface area contributed by atoms with Crippen LogP contribution < -0.4 is 5.32 Å². The van der Waals surface area contributed by atoms with Crippen LogP contribution in [0.4, 0.5) is 0 Å². The van der Waals surface area contributed by atoms with E-state index in [1.54, 1.807) is 6.20 Å². The van der Waals surface area contributed by atoms with Crippen LogP contribution in [-0.2, 0) is 4.79 Å². The molecule has 1 atom stereocenters. The Morgan fingerprint density at radius 3 is 2.45 bits per heavy atom. The lowest BCUT2D eigenvalue weighted by Gasteiger charge is -2.17. The van der Waals surface area contributed by atoms with E-state index in [-0.39, 0.29) is 11.8 Å². The summed E-state index contributed by atoms with van der Waals surface area (Å²) < 4.78 is 0. The summed E-state index contributed by atoms with van der Waals surface area (Å²) in [5, 5.41) is 3.05. The number of carbonyl (C=O) groups is 1. The van der Waals surface area contributed by atoms with E-state index in [0.29, 0.717) is 12.5 Å². The van der Waals surface area contributed by atoms with Crippen LogP contribution in [0.5, 0.6) is 0 Å². The zero-order chi connectivity index (χ0) is 15.9. The molecule has 1 aromatic heterocycles. The smallest absolute Gasteiger partial charge is 0.233 e. The summed E-state index contributed by atoms with van der Waals surface area (Å²) in [5.41, 5.74) is 2.95. The molecule has 0 saturated carbocycles. The second kappa shape index (κ2) is 7.74. The van der Waals surface area contributed by atoms with Gasteiger partial charge in [-0.25, -0.2) is 0 Å². The van der Waals surface area contributed by atoms with Gasteiger partial charge in [-0.1, -0.05) is 49.7 Å². The summed E-state index contributed by atoms with van der Waals surface area (Å²) in [7, 11) is 0. The van der Waals surface area contributed by atoms with Crippen LogP contribution in [0, 0.1) is 12.8 Å². The van der Waals surface area contributed by atoms with Crippen LogP contribution in [0.1, 0.15) is 43.0 Å². The number of hydrogen-bond donors (Lipinski definition) is 1. The Hall–Kier alpha value is -2.16. The molecule has 0 aliphatic carbocycles. The second-order valence-corrected chi connectivity index (χ2v) is 6.07. The second-order valence-electron chi connectivity index (χ2n) is 6.07. The summed E-state index contributed by atoms with van der Waals surface area (Å²) in [6.07, 6.45) is 2.71. The van der Waals surface area contributed by atoms with Crippen LogP contribution in [0.3, 0.4) is 0 Å². The maximum Gasteiger partial charge on any atom is 0.233 e. The summed E-state index contributed by atoms with van der Waals surface area (Å²) in [4.78, 5) is 17.0. The van der Waals surface area contributed by atoms with E-state index in [9.17, 15) is 4.79 Å².